The number of rotatable bonds is 5. The summed E-state index contributed by atoms with van der Waals surface area (Å²) in [6.07, 6.45) is 1.03. The quantitative estimate of drug-likeness (QED) is 0.554. The van der Waals surface area contributed by atoms with Crippen molar-refractivity contribution in [3.63, 3.8) is 0 Å². The Morgan fingerprint density at radius 3 is 3.00 bits per heavy atom. The lowest BCUT2D eigenvalue weighted by atomic mass is 10.2. The largest absolute Gasteiger partial charge is 0.463 e. The number of ether oxygens (including phenoxy) is 3. The molecule has 1 aliphatic heterocycles. The molecule has 8 nitrogen and oxygen atoms in total. The second-order valence-corrected chi connectivity index (χ2v) is 3.73. The molecule has 0 aliphatic carbocycles. The minimum Gasteiger partial charge on any atom is -0.463 e. The van der Waals surface area contributed by atoms with Crippen LogP contribution in [0.25, 0.3) is 0 Å². The molecule has 94 valence electrons. The van der Waals surface area contributed by atoms with Gasteiger partial charge in [0, 0.05) is 7.11 Å². The maximum absolute atomic E-state index is 10.8. The highest BCUT2D eigenvalue weighted by molar-refractivity contribution is 5.38. The van der Waals surface area contributed by atoms with Gasteiger partial charge in [0.25, 0.3) is 0 Å². The van der Waals surface area contributed by atoms with E-state index in [1.165, 1.54) is 18.0 Å². The Morgan fingerprint density at radius 2 is 2.53 bits per heavy atom. The number of methoxy groups -OCH3 is 1. The van der Waals surface area contributed by atoms with Crippen LogP contribution in [0, 0.1) is 10.1 Å². The van der Waals surface area contributed by atoms with Gasteiger partial charge in [0.05, 0.1) is 17.6 Å². The highest BCUT2D eigenvalue weighted by Crippen LogP contribution is 2.28. The summed E-state index contributed by atoms with van der Waals surface area (Å²) in [4.78, 5) is 10.3. The standard InChI is InChI=1S/C9H13N3O5/c1-6-8(4-16-6)17-9-7(12(13)14)3-11(10-9)5-15-2/h3,6,8H,4-5H2,1-2H3/t6-,8?/m1/s1. The van der Waals surface area contributed by atoms with Gasteiger partial charge in [-0.3, -0.25) is 10.1 Å². The molecule has 1 aromatic rings. The summed E-state index contributed by atoms with van der Waals surface area (Å²) in [7, 11) is 1.48. The molecular weight excluding hydrogens is 230 g/mol. The maximum Gasteiger partial charge on any atom is 0.350 e. The van der Waals surface area contributed by atoms with Crippen LogP contribution in [0.4, 0.5) is 5.69 Å². The van der Waals surface area contributed by atoms with E-state index in [1.807, 2.05) is 6.92 Å². The maximum atomic E-state index is 10.8. The zero-order chi connectivity index (χ0) is 12.4. The zero-order valence-corrected chi connectivity index (χ0v) is 9.53. The van der Waals surface area contributed by atoms with Gasteiger partial charge >= 0.3 is 11.6 Å². The van der Waals surface area contributed by atoms with E-state index in [9.17, 15) is 10.1 Å². The van der Waals surface area contributed by atoms with Gasteiger partial charge in [-0.25, -0.2) is 4.68 Å². The van der Waals surface area contributed by atoms with E-state index in [0.29, 0.717) is 6.61 Å². The first-order valence-electron chi connectivity index (χ1n) is 5.11. The predicted molar refractivity (Wildman–Crippen MR) is 55.7 cm³/mol. The Hall–Kier alpha value is -1.67. The van der Waals surface area contributed by atoms with Crippen LogP contribution in [0.5, 0.6) is 5.88 Å². The third-order valence-corrected chi connectivity index (χ3v) is 2.48. The Balaban J connectivity index is 2.15. The molecule has 0 radical (unpaired) electrons. The number of nitrogens with zero attached hydrogens (tertiary/aromatic N) is 3. The molecule has 1 fully saturated rings. The molecule has 0 bridgehead atoms. The Bertz CT molecular complexity index is 419. The molecule has 0 N–H and O–H groups in total. The molecule has 0 saturated carbocycles. The topological polar surface area (TPSA) is 88.7 Å². The fourth-order valence-corrected chi connectivity index (χ4v) is 1.44. The average molecular weight is 243 g/mol. The molecule has 2 heterocycles. The summed E-state index contributed by atoms with van der Waals surface area (Å²) in [6.45, 7) is 2.41. The Labute approximate surface area is 97.2 Å². The van der Waals surface area contributed by atoms with E-state index < -0.39 is 4.92 Å². The third-order valence-electron chi connectivity index (χ3n) is 2.48. The second-order valence-electron chi connectivity index (χ2n) is 3.73. The smallest absolute Gasteiger partial charge is 0.350 e. The van der Waals surface area contributed by atoms with Crippen LogP contribution in [0.15, 0.2) is 6.20 Å². The monoisotopic (exact) mass is 243 g/mol. The first-order valence-corrected chi connectivity index (χ1v) is 5.11. The molecule has 1 aromatic heterocycles. The first kappa shape index (κ1) is 11.8. The third kappa shape index (κ3) is 2.37. The van der Waals surface area contributed by atoms with Crippen LogP contribution in [0.2, 0.25) is 0 Å². The van der Waals surface area contributed by atoms with Crippen molar-refractivity contribution in [3.05, 3.63) is 16.3 Å². The molecule has 2 atom stereocenters. The number of hydrogen-bond acceptors (Lipinski definition) is 6. The van der Waals surface area contributed by atoms with Crippen LogP contribution < -0.4 is 4.74 Å². The van der Waals surface area contributed by atoms with Crippen LogP contribution in [-0.4, -0.2) is 40.6 Å². The van der Waals surface area contributed by atoms with Crippen molar-refractivity contribution in [2.75, 3.05) is 13.7 Å². The van der Waals surface area contributed by atoms with Gasteiger partial charge in [0.1, 0.15) is 19.0 Å². The van der Waals surface area contributed by atoms with Gasteiger partial charge in [-0.1, -0.05) is 0 Å². The lowest BCUT2D eigenvalue weighted by Gasteiger charge is -2.32. The van der Waals surface area contributed by atoms with Crippen molar-refractivity contribution >= 4 is 5.69 Å². The molecule has 2 rings (SSSR count). The zero-order valence-electron chi connectivity index (χ0n) is 9.53. The van der Waals surface area contributed by atoms with E-state index in [-0.39, 0.29) is 30.5 Å². The Kier molecular flexibility index (Phi) is 3.25. The van der Waals surface area contributed by atoms with Crippen LogP contribution >= 0.6 is 0 Å². The first-order chi connectivity index (χ1) is 8.11. The summed E-state index contributed by atoms with van der Waals surface area (Å²) in [5.41, 5.74) is -0.166. The lowest BCUT2D eigenvalue weighted by Crippen LogP contribution is -2.46. The van der Waals surface area contributed by atoms with Gasteiger partial charge < -0.3 is 14.2 Å². The summed E-state index contributed by atoms with van der Waals surface area (Å²) in [5.74, 6) is 0.00667. The molecule has 0 amide bonds. The fourth-order valence-electron chi connectivity index (χ4n) is 1.44. The minimum atomic E-state index is -0.529. The van der Waals surface area contributed by atoms with E-state index in [1.54, 1.807) is 0 Å². The van der Waals surface area contributed by atoms with E-state index >= 15 is 0 Å². The predicted octanol–water partition coefficient (Wildman–Crippen LogP) is 0.561. The SMILES string of the molecule is COCn1cc([N+](=O)[O-])c(OC2CO[C@@H]2C)n1. The van der Waals surface area contributed by atoms with Crippen molar-refractivity contribution in [2.45, 2.75) is 25.9 Å². The Morgan fingerprint density at radius 1 is 1.76 bits per heavy atom. The highest BCUT2D eigenvalue weighted by atomic mass is 16.6. The number of aromatic nitrogens is 2. The molecule has 1 unspecified atom stereocenters. The van der Waals surface area contributed by atoms with Crippen molar-refractivity contribution in [3.8, 4) is 5.88 Å². The molecule has 8 heteroatoms. The lowest BCUT2D eigenvalue weighted by molar-refractivity contribution is -0.386. The van der Waals surface area contributed by atoms with Gasteiger partial charge in [-0.05, 0) is 6.92 Å². The van der Waals surface area contributed by atoms with E-state index in [4.69, 9.17) is 14.2 Å². The normalized spacial score (nSPS) is 23.2. The summed E-state index contributed by atoms with van der Waals surface area (Å²) in [5, 5.41) is 14.8. The average Bonchev–Trinajstić information content (AvgIpc) is 2.68. The molecule has 17 heavy (non-hydrogen) atoms. The number of nitro groups is 1. The highest BCUT2D eigenvalue weighted by Gasteiger charge is 2.33. The summed E-state index contributed by atoms with van der Waals surface area (Å²) in [6, 6.07) is 0. The summed E-state index contributed by atoms with van der Waals surface area (Å²) >= 11 is 0. The second kappa shape index (κ2) is 4.68. The van der Waals surface area contributed by atoms with Crippen molar-refractivity contribution in [1.82, 2.24) is 9.78 Å². The molecule has 1 aliphatic rings. The van der Waals surface area contributed by atoms with E-state index in [0.717, 1.165) is 0 Å². The van der Waals surface area contributed by atoms with Crippen molar-refractivity contribution in [2.24, 2.45) is 0 Å². The van der Waals surface area contributed by atoms with Crippen LogP contribution in [-0.2, 0) is 16.2 Å². The van der Waals surface area contributed by atoms with Gasteiger partial charge in [0.2, 0.25) is 0 Å². The van der Waals surface area contributed by atoms with Crippen LogP contribution in [0.1, 0.15) is 6.92 Å². The molecule has 0 aromatic carbocycles. The van der Waals surface area contributed by atoms with Gasteiger partial charge in [-0.2, -0.15) is 0 Å². The summed E-state index contributed by atoms with van der Waals surface area (Å²) < 4.78 is 16.7. The minimum absolute atomic E-state index is 0.00667. The molecule has 0 spiro atoms. The van der Waals surface area contributed by atoms with Crippen molar-refractivity contribution in [1.29, 1.82) is 0 Å². The van der Waals surface area contributed by atoms with Crippen LogP contribution in [0.3, 0.4) is 0 Å². The van der Waals surface area contributed by atoms with Gasteiger partial charge in [0.15, 0.2) is 0 Å². The molecular formula is C9H13N3O5. The molecule has 1 saturated heterocycles. The fraction of sp³-hybridized carbons (Fsp3) is 0.667. The van der Waals surface area contributed by atoms with Gasteiger partial charge in [-0.15, -0.1) is 5.10 Å². The van der Waals surface area contributed by atoms with E-state index in [2.05, 4.69) is 5.10 Å². The van der Waals surface area contributed by atoms with Crippen molar-refractivity contribution < 1.29 is 19.1 Å². The number of hydrogen-bond donors (Lipinski definition) is 0.